The van der Waals surface area contributed by atoms with E-state index in [0.29, 0.717) is 6.07 Å². The molecule has 2 aromatic rings. The number of halogens is 7. The minimum absolute atomic E-state index is 0.0237. The van der Waals surface area contributed by atoms with Crippen molar-refractivity contribution in [1.29, 1.82) is 0 Å². The van der Waals surface area contributed by atoms with Crippen molar-refractivity contribution in [3.8, 4) is 0 Å². The molecule has 0 aliphatic carbocycles. The number of carbonyl (C=O) groups excluding carboxylic acids is 2. The van der Waals surface area contributed by atoms with Gasteiger partial charge in [0.1, 0.15) is 5.25 Å². The van der Waals surface area contributed by atoms with E-state index < -0.39 is 47.0 Å². The quantitative estimate of drug-likeness (QED) is 0.464. The lowest BCUT2D eigenvalue weighted by Crippen LogP contribution is -2.33. The van der Waals surface area contributed by atoms with Gasteiger partial charge in [-0.25, -0.2) is 4.99 Å². The van der Waals surface area contributed by atoms with Gasteiger partial charge in [0.15, 0.2) is 5.17 Å². The van der Waals surface area contributed by atoms with Crippen LogP contribution in [0.25, 0.3) is 0 Å². The number of thioether (sulfide) groups is 1. The van der Waals surface area contributed by atoms with Crippen LogP contribution in [0.2, 0.25) is 5.02 Å². The van der Waals surface area contributed by atoms with Crippen molar-refractivity contribution in [3.63, 3.8) is 0 Å². The Balaban J connectivity index is 1.76. The molecule has 34 heavy (non-hydrogen) atoms. The molecule has 0 saturated carbocycles. The number of amidine groups is 1. The number of aliphatic imine (C=N–C) groups is 1. The summed E-state index contributed by atoms with van der Waals surface area (Å²) in [6.07, 6.45) is -9.61. The molecule has 1 heterocycles. The Morgan fingerprint density at radius 1 is 1.09 bits per heavy atom. The van der Waals surface area contributed by atoms with E-state index in [1.165, 1.54) is 17.0 Å². The summed E-state index contributed by atoms with van der Waals surface area (Å²) >= 11 is 6.76. The van der Waals surface area contributed by atoms with E-state index in [1.807, 2.05) is 0 Å². The van der Waals surface area contributed by atoms with Crippen LogP contribution in [0.15, 0.2) is 47.5 Å². The molecule has 0 radical (unpaired) electrons. The van der Waals surface area contributed by atoms with Crippen molar-refractivity contribution in [2.45, 2.75) is 30.9 Å². The maximum Gasteiger partial charge on any atom is 0.416 e. The molecule has 1 aliphatic heterocycles. The van der Waals surface area contributed by atoms with Crippen LogP contribution >= 0.6 is 23.4 Å². The van der Waals surface area contributed by atoms with Gasteiger partial charge in [-0.2, -0.15) is 26.3 Å². The van der Waals surface area contributed by atoms with E-state index >= 15 is 0 Å². The lowest BCUT2D eigenvalue weighted by Gasteiger charge is -2.14. The van der Waals surface area contributed by atoms with Crippen LogP contribution in [0.1, 0.15) is 24.5 Å². The number of hydrogen-bond acceptors (Lipinski definition) is 4. The molecular weight excluding hydrogens is 508 g/mol. The average molecular weight is 524 g/mol. The summed E-state index contributed by atoms with van der Waals surface area (Å²) in [5, 5.41) is 1.30. The number of alkyl halides is 6. The molecular formula is C21H16ClF6N3O2S. The topological polar surface area (TPSA) is 61.8 Å². The second kappa shape index (κ2) is 9.87. The first-order chi connectivity index (χ1) is 15.8. The summed E-state index contributed by atoms with van der Waals surface area (Å²) in [5.74, 6) is -1.26. The van der Waals surface area contributed by atoms with Gasteiger partial charge in [0.05, 0.1) is 27.5 Å². The Morgan fingerprint density at radius 3 is 2.35 bits per heavy atom. The van der Waals surface area contributed by atoms with Gasteiger partial charge in [-0.3, -0.25) is 14.5 Å². The summed E-state index contributed by atoms with van der Waals surface area (Å²) in [4.78, 5) is 30.5. The molecule has 2 aromatic carbocycles. The molecule has 0 aromatic heterocycles. The largest absolute Gasteiger partial charge is 0.416 e. The first-order valence-corrected chi connectivity index (χ1v) is 11.0. The Bertz CT molecular complexity index is 1140. The van der Waals surface area contributed by atoms with Crippen molar-refractivity contribution in [1.82, 2.24) is 4.90 Å². The number of nitrogens with zero attached hydrogens (tertiary/aromatic N) is 2. The smallest absolute Gasteiger partial charge is 0.325 e. The van der Waals surface area contributed by atoms with Gasteiger partial charge in [-0.1, -0.05) is 29.4 Å². The molecule has 3 rings (SSSR count). The molecule has 0 spiro atoms. The minimum Gasteiger partial charge on any atom is -0.325 e. The number of anilines is 1. The van der Waals surface area contributed by atoms with Crippen LogP contribution in [0.5, 0.6) is 0 Å². The maximum atomic E-state index is 13.0. The number of amides is 2. The number of nitrogens with one attached hydrogen (secondary N) is 1. The fourth-order valence-corrected chi connectivity index (χ4v) is 4.43. The summed E-state index contributed by atoms with van der Waals surface area (Å²) < 4.78 is 77.6. The third kappa shape index (κ3) is 6.03. The summed E-state index contributed by atoms with van der Waals surface area (Å²) in [5.41, 5.74) is -2.20. The van der Waals surface area contributed by atoms with E-state index in [-0.39, 0.29) is 28.1 Å². The monoisotopic (exact) mass is 523 g/mol. The van der Waals surface area contributed by atoms with E-state index in [9.17, 15) is 35.9 Å². The molecule has 5 nitrogen and oxygen atoms in total. The van der Waals surface area contributed by atoms with E-state index in [4.69, 9.17) is 11.6 Å². The predicted octanol–water partition coefficient (Wildman–Crippen LogP) is 6.36. The third-order valence-corrected chi connectivity index (χ3v) is 6.18. The number of hydrogen-bond donors (Lipinski definition) is 1. The molecule has 1 atom stereocenters. The zero-order valence-electron chi connectivity index (χ0n) is 17.3. The van der Waals surface area contributed by atoms with Crippen LogP contribution < -0.4 is 5.32 Å². The average Bonchev–Trinajstić information content (AvgIpc) is 3.02. The Kier molecular flexibility index (Phi) is 7.51. The lowest BCUT2D eigenvalue weighted by atomic mass is 10.2. The molecule has 1 fully saturated rings. The first kappa shape index (κ1) is 25.9. The summed E-state index contributed by atoms with van der Waals surface area (Å²) in [6.45, 7) is 1.78. The molecule has 1 N–H and O–H groups in total. The Labute approximate surface area is 199 Å². The maximum absolute atomic E-state index is 13.0. The molecule has 182 valence electrons. The van der Waals surface area contributed by atoms with Gasteiger partial charge in [-0.15, -0.1) is 0 Å². The van der Waals surface area contributed by atoms with Gasteiger partial charge in [-0.05, 0) is 43.3 Å². The van der Waals surface area contributed by atoms with Crippen LogP contribution in [0, 0.1) is 0 Å². The van der Waals surface area contributed by atoms with Gasteiger partial charge >= 0.3 is 12.4 Å². The lowest BCUT2D eigenvalue weighted by molar-refractivity contribution is -0.138. The van der Waals surface area contributed by atoms with Crippen molar-refractivity contribution in [2.24, 2.45) is 4.99 Å². The van der Waals surface area contributed by atoms with Crippen LogP contribution in [0.3, 0.4) is 0 Å². The summed E-state index contributed by atoms with van der Waals surface area (Å²) in [7, 11) is 0. The fourth-order valence-electron chi connectivity index (χ4n) is 3.05. The van der Waals surface area contributed by atoms with Crippen molar-refractivity contribution in [3.05, 3.63) is 58.6 Å². The number of rotatable bonds is 5. The normalized spacial score (nSPS) is 18.0. The molecule has 13 heteroatoms. The Morgan fingerprint density at radius 2 is 1.74 bits per heavy atom. The van der Waals surface area contributed by atoms with E-state index in [2.05, 4.69) is 10.3 Å². The van der Waals surface area contributed by atoms with E-state index in [0.717, 1.165) is 36.0 Å². The van der Waals surface area contributed by atoms with E-state index in [1.54, 1.807) is 6.92 Å². The van der Waals surface area contributed by atoms with Crippen molar-refractivity contribution in [2.75, 3.05) is 11.9 Å². The summed E-state index contributed by atoms with van der Waals surface area (Å²) in [6, 6.07) is 6.70. The number of benzene rings is 2. The SMILES string of the molecule is CCN1C(=O)C(CC(=O)Nc2cc(C(F)(F)F)ccc2Cl)SC1=Nc1cccc(C(F)(F)F)c1. The molecule has 0 bridgehead atoms. The highest BCUT2D eigenvalue weighted by atomic mass is 35.5. The van der Waals surface area contributed by atoms with Gasteiger partial charge in [0.2, 0.25) is 11.8 Å². The van der Waals surface area contributed by atoms with Crippen LogP contribution in [-0.2, 0) is 21.9 Å². The van der Waals surface area contributed by atoms with Gasteiger partial charge in [0, 0.05) is 13.0 Å². The standard InChI is InChI=1S/C21H16ClF6N3O2S/c1-2-31-18(33)16(34-19(31)29-13-5-3-4-11(8-13)20(23,24)25)10-17(32)30-15-9-12(21(26,27)28)6-7-14(15)22/h3-9,16H,2,10H2,1H3,(H,30,32). The zero-order chi connectivity index (χ0) is 25.3. The molecule has 1 unspecified atom stereocenters. The van der Waals surface area contributed by atoms with Crippen LogP contribution in [-0.4, -0.2) is 33.7 Å². The molecule has 1 aliphatic rings. The van der Waals surface area contributed by atoms with Crippen molar-refractivity contribution < 1.29 is 35.9 Å². The molecule has 2 amide bonds. The second-order valence-corrected chi connectivity index (χ2v) is 8.65. The molecule has 1 saturated heterocycles. The number of carbonyl (C=O) groups is 2. The highest BCUT2D eigenvalue weighted by Crippen LogP contribution is 2.36. The Hall–Kier alpha value is -2.73. The fraction of sp³-hybridized carbons (Fsp3) is 0.286. The van der Waals surface area contributed by atoms with Gasteiger partial charge in [0.25, 0.3) is 0 Å². The third-order valence-electron chi connectivity index (χ3n) is 4.67. The highest BCUT2D eigenvalue weighted by molar-refractivity contribution is 8.15. The first-order valence-electron chi connectivity index (χ1n) is 9.70. The predicted molar refractivity (Wildman–Crippen MR) is 117 cm³/mol. The minimum atomic E-state index is -4.64. The van der Waals surface area contributed by atoms with Crippen LogP contribution in [0.4, 0.5) is 37.7 Å². The highest BCUT2D eigenvalue weighted by Gasteiger charge is 2.39. The van der Waals surface area contributed by atoms with Gasteiger partial charge < -0.3 is 5.32 Å². The zero-order valence-corrected chi connectivity index (χ0v) is 18.9. The second-order valence-electron chi connectivity index (χ2n) is 7.08. The van der Waals surface area contributed by atoms with Crippen molar-refractivity contribution >= 4 is 51.7 Å².